The Hall–Kier alpha value is -3.84. The molecule has 5 aromatic carbocycles. The highest BCUT2D eigenvalue weighted by Gasteiger charge is 2.13. The van der Waals surface area contributed by atoms with E-state index in [-0.39, 0.29) is 0 Å². The Morgan fingerprint density at radius 2 is 1.25 bits per heavy atom. The number of hydrogen-bond acceptors (Lipinski definition) is 1. The van der Waals surface area contributed by atoms with E-state index in [0.717, 1.165) is 17.8 Å². The highest BCUT2D eigenvalue weighted by atomic mass is 14.9. The summed E-state index contributed by atoms with van der Waals surface area (Å²) in [6.07, 6.45) is 7.78. The van der Waals surface area contributed by atoms with Crippen LogP contribution in [0.3, 0.4) is 0 Å². The lowest BCUT2D eigenvalue weighted by Gasteiger charge is -2.18. The molecule has 0 fully saturated rings. The average Bonchev–Trinajstić information content (AvgIpc) is 2.85. The fraction of sp³-hybridized carbons (Fsp3) is 0.0968. The smallest absolute Gasteiger partial charge is 0.0390 e. The number of benzene rings is 5. The largest absolute Gasteiger partial charge is 0.355 e. The third kappa shape index (κ3) is 3.18. The summed E-state index contributed by atoms with van der Waals surface area (Å²) in [6, 6.07) is 33.0. The molecule has 0 spiro atoms. The van der Waals surface area contributed by atoms with Gasteiger partial charge in [-0.15, -0.1) is 0 Å². The molecule has 1 atom stereocenters. The van der Waals surface area contributed by atoms with Gasteiger partial charge in [0.2, 0.25) is 0 Å². The van der Waals surface area contributed by atoms with Crippen molar-refractivity contribution in [2.45, 2.75) is 13.3 Å². The first kappa shape index (κ1) is 18.9. The van der Waals surface area contributed by atoms with Crippen LogP contribution in [0.2, 0.25) is 0 Å². The fourth-order valence-electron chi connectivity index (χ4n) is 5.05. The van der Waals surface area contributed by atoms with Crippen LogP contribution >= 0.6 is 0 Å². The molecule has 0 saturated carbocycles. The van der Waals surface area contributed by atoms with E-state index in [0.29, 0.717) is 5.92 Å². The molecular formula is C31H25N. The van der Waals surface area contributed by atoms with E-state index in [2.05, 4.69) is 121 Å². The molecule has 0 aliphatic heterocycles. The molecular weight excluding hydrogens is 386 g/mol. The zero-order valence-electron chi connectivity index (χ0n) is 18.2. The van der Waals surface area contributed by atoms with Crippen molar-refractivity contribution in [2.24, 2.45) is 5.92 Å². The Bertz CT molecular complexity index is 1500. The lowest BCUT2D eigenvalue weighted by molar-refractivity contribution is 0.758. The molecule has 32 heavy (non-hydrogen) atoms. The molecule has 5 aromatic rings. The van der Waals surface area contributed by atoms with Crippen LogP contribution in [0.1, 0.15) is 18.9 Å². The molecule has 1 nitrogen and oxygen atoms in total. The molecule has 0 saturated heterocycles. The van der Waals surface area contributed by atoms with E-state index in [9.17, 15) is 0 Å². The van der Waals surface area contributed by atoms with Gasteiger partial charge in [-0.2, -0.15) is 0 Å². The lowest BCUT2D eigenvalue weighted by Crippen LogP contribution is -2.01. The van der Waals surface area contributed by atoms with Gasteiger partial charge in [0.25, 0.3) is 0 Å². The van der Waals surface area contributed by atoms with Gasteiger partial charge in [0, 0.05) is 11.4 Å². The molecule has 0 radical (unpaired) electrons. The van der Waals surface area contributed by atoms with Gasteiger partial charge in [0.05, 0.1) is 0 Å². The van der Waals surface area contributed by atoms with Crippen molar-refractivity contribution in [3.63, 3.8) is 0 Å². The number of fused-ring (bicyclic) bond motifs is 6. The second kappa shape index (κ2) is 7.69. The Labute approximate surface area is 188 Å². The number of nitrogens with one attached hydrogen (secondary N) is 1. The van der Waals surface area contributed by atoms with Crippen LogP contribution in [0, 0.1) is 5.92 Å². The minimum atomic E-state index is 0.551. The molecule has 0 aromatic heterocycles. The van der Waals surface area contributed by atoms with Crippen LogP contribution in [0.4, 0.5) is 11.4 Å². The summed E-state index contributed by atoms with van der Waals surface area (Å²) in [5.41, 5.74) is 4.94. The standard InChI is InChI=1S/C31H25N/c1-21-9-2-3-12-25(21)22-10-8-11-23(19-22)32-24-17-18-30-28-15-5-4-13-26(28)27-14-6-7-16-29(27)31(30)20-24/h2-8,10-21,32H,9H2,1H3. The molecule has 6 rings (SSSR count). The molecule has 1 aliphatic rings. The van der Waals surface area contributed by atoms with Gasteiger partial charge in [-0.05, 0) is 80.1 Å². The van der Waals surface area contributed by atoms with Crippen LogP contribution in [0.5, 0.6) is 0 Å². The van der Waals surface area contributed by atoms with Crippen molar-refractivity contribution in [3.05, 3.63) is 115 Å². The Morgan fingerprint density at radius 1 is 0.625 bits per heavy atom. The van der Waals surface area contributed by atoms with Gasteiger partial charge in [-0.3, -0.25) is 0 Å². The van der Waals surface area contributed by atoms with E-state index in [4.69, 9.17) is 0 Å². The molecule has 154 valence electrons. The normalized spacial score (nSPS) is 15.9. The quantitative estimate of drug-likeness (QED) is 0.292. The summed E-state index contributed by atoms with van der Waals surface area (Å²) in [4.78, 5) is 0. The maximum absolute atomic E-state index is 3.66. The average molecular weight is 412 g/mol. The SMILES string of the molecule is CC1CC=CC=C1c1cccc(Nc2ccc3c4ccccc4c4ccccc4c3c2)c1. The molecule has 1 N–H and O–H groups in total. The summed E-state index contributed by atoms with van der Waals surface area (Å²) >= 11 is 0. The molecule has 1 heteroatoms. The van der Waals surface area contributed by atoms with Crippen molar-refractivity contribution in [1.82, 2.24) is 0 Å². The van der Waals surface area contributed by atoms with Gasteiger partial charge in [0.15, 0.2) is 0 Å². The second-order valence-electron chi connectivity index (χ2n) is 8.74. The third-order valence-corrected chi connectivity index (χ3v) is 6.66. The minimum absolute atomic E-state index is 0.551. The van der Waals surface area contributed by atoms with Gasteiger partial charge >= 0.3 is 0 Å². The fourth-order valence-corrected chi connectivity index (χ4v) is 5.05. The Morgan fingerprint density at radius 3 is 1.94 bits per heavy atom. The first-order chi connectivity index (χ1) is 15.8. The van der Waals surface area contributed by atoms with E-state index in [1.807, 2.05) is 0 Å². The number of rotatable bonds is 3. The molecule has 1 aliphatic carbocycles. The highest BCUT2D eigenvalue weighted by molar-refractivity contribution is 6.25. The van der Waals surface area contributed by atoms with Gasteiger partial charge in [-0.25, -0.2) is 0 Å². The number of allylic oxidation sites excluding steroid dienone is 4. The first-order valence-corrected chi connectivity index (χ1v) is 11.4. The van der Waals surface area contributed by atoms with Crippen molar-refractivity contribution in [2.75, 3.05) is 5.32 Å². The van der Waals surface area contributed by atoms with E-state index in [1.54, 1.807) is 0 Å². The van der Waals surface area contributed by atoms with Crippen molar-refractivity contribution >= 4 is 49.3 Å². The maximum atomic E-state index is 3.66. The maximum Gasteiger partial charge on any atom is 0.0390 e. The zero-order valence-corrected chi connectivity index (χ0v) is 18.2. The second-order valence-corrected chi connectivity index (χ2v) is 8.74. The molecule has 0 amide bonds. The van der Waals surface area contributed by atoms with Crippen molar-refractivity contribution in [1.29, 1.82) is 0 Å². The number of anilines is 2. The molecule has 0 bridgehead atoms. The third-order valence-electron chi connectivity index (χ3n) is 6.66. The topological polar surface area (TPSA) is 12.0 Å². The van der Waals surface area contributed by atoms with Crippen LogP contribution in [-0.4, -0.2) is 0 Å². The summed E-state index contributed by atoms with van der Waals surface area (Å²) in [7, 11) is 0. The summed E-state index contributed by atoms with van der Waals surface area (Å²) < 4.78 is 0. The van der Waals surface area contributed by atoms with Gasteiger partial charge < -0.3 is 5.32 Å². The predicted molar refractivity (Wildman–Crippen MR) is 140 cm³/mol. The predicted octanol–water partition coefficient (Wildman–Crippen LogP) is 8.87. The molecule has 0 heterocycles. The summed E-state index contributed by atoms with van der Waals surface area (Å²) in [5.74, 6) is 0.551. The minimum Gasteiger partial charge on any atom is -0.355 e. The lowest BCUT2D eigenvalue weighted by atomic mass is 9.88. The van der Waals surface area contributed by atoms with Crippen molar-refractivity contribution < 1.29 is 0 Å². The van der Waals surface area contributed by atoms with Gasteiger partial charge in [0.1, 0.15) is 0 Å². The number of hydrogen-bond donors (Lipinski definition) is 1. The Kier molecular flexibility index (Phi) is 4.54. The van der Waals surface area contributed by atoms with Crippen molar-refractivity contribution in [3.8, 4) is 0 Å². The van der Waals surface area contributed by atoms with Crippen LogP contribution in [0.15, 0.2) is 109 Å². The first-order valence-electron chi connectivity index (χ1n) is 11.4. The zero-order chi connectivity index (χ0) is 21.5. The van der Waals surface area contributed by atoms with E-state index in [1.165, 1.54) is 43.5 Å². The van der Waals surface area contributed by atoms with Crippen LogP contribution in [-0.2, 0) is 0 Å². The highest BCUT2D eigenvalue weighted by Crippen LogP contribution is 2.37. The van der Waals surface area contributed by atoms with Crippen LogP contribution in [0.25, 0.3) is 37.9 Å². The van der Waals surface area contributed by atoms with E-state index >= 15 is 0 Å². The monoisotopic (exact) mass is 411 g/mol. The van der Waals surface area contributed by atoms with Gasteiger partial charge in [-0.1, -0.05) is 91.9 Å². The van der Waals surface area contributed by atoms with Crippen LogP contribution < -0.4 is 5.32 Å². The molecule has 1 unspecified atom stereocenters. The Balaban J connectivity index is 1.45. The van der Waals surface area contributed by atoms with E-state index < -0.39 is 0 Å². The summed E-state index contributed by atoms with van der Waals surface area (Å²) in [5, 5.41) is 11.5. The summed E-state index contributed by atoms with van der Waals surface area (Å²) in [6.45, 7) is 2.30.